The van der Waals surface area contributed by atoms with Gasteiger partial charge in [-0.3, -0.25) is 9.69 Å². The summed E-state index contributed by atoms with van der Waals surface area (Å²) in [5.41, 5.74) is 1.53. The molecular formula is C20H23N5O3. The molecule has 4 rings (SSSR count). The van der Waals surface area contributed by atoms with E-state index in [1.807, 2.05) is 6.07 Å². The Morgan fingerprint density at radius 2 is 1.96 bits per heavy atom. The molecule has 0 saturated carbocycles. The third kappa shape index (κ3) is 4.07. The van der Waals surface area contributed by atoms with E-state index in [1.54, 1.807) is 12.3 Å². The molecule has 146 valence electrons. The minimum absolute atomic E-state index is 0.243. The number of benzene rings is 1. The van der Waals surface area contributed by atoms with Crippen molar-refractivity contribution in [1.29, 1.82) is 0 Å². The molecule has 2 aliphatic rings. The maximum absolute atomic E-state index is 11.9. The number of amides is 1. The number of nitrogens with one attached hydrogen (secondary N) is 1. The second-order valence-corrected chi connectivity index (χ2v) is 6.71. The molecule has 1 saturated heterocycles. The van der Waals surface area contributed by atoms with Crippen LogP contribution in [0, 0.1) is 0 Å². The van der Waals surface area contributed by atoms with Gasteiger partial charge in [-0.05, 0) is 17.7 Å². The molecule has 1 fully saturated rings. The lowest BCUT2D eigenvalue weighted by Gasteiger charge is -2.35. The topological polar surface area (TPSA) is 79.8 Å². The molecule has 0 spiro atoms. The highest BCUT2D eigenvalue weighted by Crippen LogP contribution is 2.32. The highest BCUT2D eigenvalue weighted by Gasteiger charge is 2.20. The van der Waals surface area contributed by atoms with Crippen molar-refractivity contribution in [2.24, 2.45) is 0 Å². The van der Waals surface area contributed by atoms with E-state index in [9.17, 15) is 4.79 Å². The third-order valence-electron chi connectivity index (χ3n) is 4.82. The van der Waals surface area contributed by atoms with Gasteiger partial charge in [0.25, 0.3) is 5.91 Å². The SMILES string of the molecule is C=CCNC(=O)c1cnc(N2CCN(Cc3ccc4c(c3)OCO4)CC2)cn1. The number of rotatable bonds is 6. The van der Waals surface area contributed by atoms with Crippen molar-refractivity contribution in [2.45, 2.75) is 6.54 Å². The maximum atomic E-state index is 11.9. The number of fused-ring (bicyclic) bond motifs is 1. The third-order valence-corrected chi connectivity index (χ3v) is 4.82. The van der Waals surface area contributed by atoms with Crippen LogP contribution in [0.4, 0.5) is 5.82 Å². The summed E-state index contributed by atoms with van der Waals surface area (Å²) >= 11 is 0. The first-order chi connectivity index (χ1) is 13.7. The summed E-state index contributed by atoms with van der Waals surface area (Å²) < 4.78 is 10.8. The predicted molar refractivity (Wildman–Crippen MR) is 105 cm³/mol. The molecule has 2 aliphatic heterocycles. The van der Waals surface area contributed by atoms with Crippen LogP contribution in [0.15, 0.2) is 43.2 Å². The second-order valence-electron chi connectivity index (χ2n) is 6.71. The van der Waals surface area contributed by atoms with Gasteiger partial charge in [0.1, 0.15) is 11.5 Å². The zero-order chi connectivity index (χ0) is 19.3. The molecule has 1 amide bonds. The van der Waals surface area contributed by atoms with Crippen LogP contribution < -0.4 is 19.7 Å². The molecule has 0 unspecified atom stereocenters. The Balaban J connectivity index is 1.30. The van der Waals surface area contributed by atoms with Gasteiger partial charge in [0, 0.05) is 39.3 Å². The number of ether oxygens (including phenoxy) is 2. The van der Waals surface area contributed by atoms with E-state index >= 15 is 0 Å². The van der Waals surface area contributed by atoms with Gasteiger partial charge in [-0.15, -0.1) is 6.58 Å². The normalized spacial score (nSPS) is 16.1. The number of hydrogen-bond donors (Lipinski definition) is 1. The molecule has 0 atom stereocenters. The molecule has 1 aromatic carbocycles. The number of anilines is 1. The summed E-state index contributed by atoms with van der Waals surface area (Å²) in [5, 5.41) is 2.70. The van der Waals surface area contributed by atoms with Crippen LogP contribution in [-0.4, -0.2) is 60.3 Å². The highest BCUT2D eigenvalue weighted by molar-refractivity contribution is 5.92. The van der Waals surface area contributed by atoms with Gasteiger partial charge < -0.3 is 19.7 Å². The first-order valence-corrected chi connectivity index (χ1v) is 9.30. The summed E-state index contributed by atoms with van der Waals surface area (Å²) in [7, 11) is 0. The lowest BCUT2D eigenvalue weighted by atomic mass is 10.1. The minimum atomic E-state index is -0.243. The molecule has 0 radical (unpaired) electrons. The Kier molecular flexibility index (Phi) is 5.38. The first-order valence-electron chi connectivity index (χ1n) is 9.30. The van der Waals surface area contributed by atoms with Crippen LogP contribution >= 0.6 is 0 Å². The molecule has 2 aromatic rings. The van der Waals surface area contributed by atoms with Gasteiger partial charge in [0.15, 0.2) is 11.5 Å². The van der Waals surface area contributed by atoms with Gasteiger partial charge in [0.2, 0.25) is 6.79 Å². The average molecular weight is 381 g/mol. The Labute approximate surface area is 163 Å². The van der Waals surface area contributed by atoms with E-state index in [0.717, 1.165) is 50.0 Å². The molecule has 8 nitrogen and oxygen atoms in total. The lowest BCUT2D eigenvalue weighted by molar-refractivity contribution is 0.0952. The van der Waals surface area contributed by atoms with Crippen molar-refractivity contribution in [1.82, 2.24) is 20.2 Å². The van der Waals surface area contributed by atoms with Crippen molar-refractivity contribution in [2.75, 3.05) is 44.4 Å². The monoisotopic (exact) mass is 381 g/mol. The van der Waals surface area contributed by atoms with Crippen molar-refractivity contribution < 1.29 is 14.3 Å². The van der Waals surface area contributed by atoms with E-state index < -0.39 is 0 Å². The molecule has 1 N–H and O–H groups in total. The largest absolute Gasteiger partial charge is 0.454 e. The summed E-state index contributed by atoms with van der Waals surface area (Å²) in [6, 6.07) is 6.11. The van der Waals surface area contributed by atoms with Crippen LogP contribution in [0.5, 0.6) is 11.5 Å². The Morgan fingerprint density at radius 1 is 1.14 bits per heavy atom. The van der Waals surface area contributed by atoms with E-state index in [0.29, 0.717) is 19.0 Å². The van der Waals surface area contributed by atoms with Crippen LogP contribution in [-0.2, 0) is 6.54 Å². The van der Waals surface area contributed by atoms with Crippen molar-refractivity contribution in [3.8, 4) is 11.5 Å². The fraction of sp³-hybridized carbons (Fsp3) is 0.350. The summed E-state index contributed by atoms with van der Waals surface area (Å²) in [6.07, 6.45) is 4.81. The summed E-state index contributed by atoms with van der Waals surface area (Å²) in [4.78, 5) is 25.1. The number of carbonyl (C=O) groups is 1. The van der Waals surface area contributed by atoms with E-state index in [4.69, 9.17) is 9.47 Å². The molecule has 8 heteroatoms. The van der Waals surface area contributed by atoms with Gasteiger partial charge in [-0.25, -0.2) is 9.97 Å². The average Bonchev–Trinajstić information content (AvgIpc) is 3.20. The van der Waals surface area contributed by atoms with E-state index in [1.165, 1.54) is 11.8 Å². The molecule has 28 heavy (non-hydrogen) atoms. The minimum Gasteiger partial charge on any atom is -0.454 e. The number of carbonyl (C=O) groups excluding carboxylic acids is 1. The van der Waals surface area contributed by atoms with Crippen LogP contribution in [0.2, 0.25) is 0 Å². The number of nitrogens with zero attached hydrogens (tertiary/aromatic N) is 4. The van der Waals surface area contributed by atoms with Crippen molar-refractivity contribution in [3.05, 3.63) is 54.5 Å². The zero-order valence-electron chi connectivity index (χ0n) is 15.6. The standard InChI is InChI=1S/C20H23N5O3/c1-2-5-21-20(26)16-11-23-19(12-22-16)25-8-6-24(7-9-25)13-15-3-4-17-18(10-15)28-14-27-17/h2-4,10-12H,1,5-9,13-14H2,(H,21,26). The van der Waals surface area contributed by atoms with E-state index in [-0.39, 0.29) is 5.91 Å². The first kappa shape index (κ1) is 18.2. The van der Waals surface area contributed by atoms with Gasteiger partial charge in [0.05, 0.1) is 12.4 Å². The number of aromatic nitrogens is 2. The molecule has 3 heterocycles. The Hall–Kier alpha value is -3.13. The van der Waals surface area contributed by atoms with Crippen molar-refractivity contribution >= 4 is 11.7 Å². The maximum Gasteiger partial charge on any atom is 0.271 e. The smallest absolute Gasteiger partial charge is 0.271 e. The fourth-order valence-electron chi connectivity index (χ4n) is 3.29. The lowest BCUT2D eigenvalue weighted by Crippen LogP contribution is -2.46. The van der Waals surface area contributed by atoms with Gasteiger partial charge in [-0.1, -0.05) is 12.1 Å². The van der Waals surface area contributed by atoms with E-state index in [2.05, 4.69) is 43.8 Å². The number of piperazine rings is 1. The Morgan fingerprint density at radius 3 is 2.71 bits per heavy atom. The Bertz CT molecular complexity index is 847. The van der Waals surface area contributed by atoms with Gasteiger partial charge in [-0.2, -0.15) is 0 Å². The van der Waals surface area contributed by atoms with Crippen molar-refractivity contribution in [3.63, 3.8) is 0 Å². The summed E-state index contributed by atoms with van der Waals surface area (Å²) in [6.45, 7) is 8.74. The predicted octanol–water partition coefficient (Wildman–Crippen LogP) is 1.44. The van der Waals surface area contributed by atoms with Crippen LogP contribution in [0.1, 0.15) is 16.1 Å². The highest BCUT2D eigenvalue weighted by atomic mass is 16.7. The summed E-state index contributed by atoms with van der Waals surface area (Å²) in [5.74, 6) is 2.19. The van der Waals surface area contributed by atoms with Crippen LogP contribution in [0.25, 0.3) is 0 Å². The second kappa shape index (κ2) is 8.26. The fourth-order valence-corrected chi connectivity index (χ4v) is 3.29. The van der Waals surface area contributed by atoms with Crippen LogP contribution in [0.3, 0.4) is 0 Å². The zero-order valence-corrected chi connectivity index (χ0v) is 15.6. The molecule has 0 bridgehead atoms. The molecule has 1 aromatic heterocycles. The van der Waals surface area contributed by atoms with Gasteiger partial charge >= 0.3 is 0 Å². The number of hydrogen-bond acceptors (Lipinski definition) is 7. The molecule has 0 aliphatic carbocycles. The quantitative estimate of drug-likeness (QED) is 0.759. The molecular weight excluding hydrogens is 358 g/mol.